The highest BCUT2D eigenvalue weighted by Gasteiger charge is 2.06. The molecule has 2 aromatic carbocycles. The molecule has 0 unspecified atom stereocenters. The van der Waals surface area contributed by atoms with Crippen molar-refractivity contribution in [1.29, 1.82) is 0 Å². The molecule has 0 amide bonds. The molecule has 0 aliphatic rings. The summed E-state index contributed by atoms with van der Waals surface area (Å²) >= 11 is 6.25. The first-order chi connectivity index (χ1) is 10.2. The molecule has 3 nitrogen and oxygen atoms in total. The summed E-state index contributed by atoms with van der Waals surface area (Å²) in [6.07, 6.45) is 1.60. The highest BCUT2D eigenvalue weighted by atomic mass is 35.5. The Balaban J connectivity index is 1.79. The van der Waals surface area contributed by atoms with Gasteiger partial charge in [0.25, 0.3) is 0 Å². The van der Waals surface area contributed by atoms with Crippen LogP contribution >= 0.6 is 11.6 Å². The van der Waals surface area contributed by atoms with Crippen LogP contribution in [0.3, 0.4) is 0 Å². The van der Waals surface area contributed by atoms with Crippen molar-refractivity contribution in [1.82, 2.24) is 10.2 Å². The van der Waals surface area contributed by atoms with E-state index in [1.54, 1.807) is 6.92 Å². The number of rotatable bonds is 4. The normalized spacial score (nSPS) is 10.8. The van der Waals surface area contributed by atoms with Crippen molar-refractivity contribution in [2.24, 2.45) is 0 Å². The molecule has 1 heterocycles. The van der Waals surface area contributed by atoms with E-state index in [9.17, 15) is 0 Å². The third-order valence-corrected chi connectivity index (χ3v) is 3.64. The van der Waals surface area contributed by atoms with Gasteiger partial charge in [0.15, 0.2) is 0 Å². The van der Waals surface area contributed by atoms with E-state index in [0.717, 1.165) is 29.0 Å². The first kappa shape index (κ1) is 13.8. The van der Waals surface area contributed by atoms with E-state index in [2.05, 4.69) is 28.4 Å². The van der Waals surface area contributed by atoms with Gasteiger partial charge >= 0.3 is 0 Å². The minimum Gasteiger partial charge on any atom is -0.426 e. The standard InChI is InChI=1S/C17H15ClN2O/c1-12-19-20-17(21-12)10-9-13-5-4-6-14(11-13)15-7-2-3-8-16(15)18/h2-8,11H,9-10H2,1H3. The van der Waals surface area contributed by atoms with Crippen LogP contribution in [-0.2, 0) is 12.8 Å². The SMILES string of the molecule is Cc1nnc(CCc2cccc(-c3ccccc3Cl)c2)o1. The first-order valence-electron chi connectivity index (χ1n) is 6.85. The average Bonchev–Trinajstić information content (AvgIpc) is 2.92. The molecule has 0 bridgehead atoms. The van der Waals surface area contributed by atoms with Crippen LogP contribution in [0.1, 0.15) is 17.3 Å². The zero-order valence-electron chi connectivity index (χ0n) is 11.7. The van der Waals surface area contributed by atoms with E-state index >= 15 is 0 Å². The lowest BCUT2D eigenvalue weighted by atomic mass is 10.0. The minimum atomic E-state index is 0.606. The average molecular weight is 299 g/mol. The number of nitrogens with zero attached hydrogens (tertiary/aromatic N) is 2. The fourth-order valence-electron chi connectivity index (χ4n) is 2.28. The fraction of sp³-hybridized carbons (Fsp3) is 0.176. The molecule has 0 atom stereocenters. The molecule has 0 N–H and O–H groups in total. The molecule has 0 radical (unpaired) electrons. The summed E-state index contributed by atoms with van der Waals surface area (Å²) in [6.45, 7) is 1.80. The van der Waals surface area contributed by atoms with Gasteiger partial charge in [-0.05, 0) is 23.6 Å². The van der Waals surface area contributed by atoms with Crippen molar-refractivity contribution in [3.63, 3.8) is 0 Å². The van der Waals surface area contributed by atoms with Gasteiger partial charge in [0.2, 0.25) is 11.8 Å². The van der Waals surface area contributed by atoms with Crippen molar-refractivity contribution in [3.05, 3.63) is 70.9 Å². The summed E-state index contributed by atoms with van der Waals surface area (Å²) in [7, 11) is 0. The molecule has 0 fully saturated rings. The molecule has 0 saturated heterocycles. The number of hydrogen-bond acceptors (Lipinski definition) is 3. The molecule has 1 aromatic heterocycles. The van der Waals surface area contributed by atoms with E-state index in [0.29, 0.717) is 11.8 Å². The van der Waals surface area contributed by atoms with E-state index in [-0.39, 0.29) is 0 Å². The Bertz CT molecular complexity index is 752. The molecule has 4 heteroatoms. The molecule has 0 aliphatic heterocycles. The quantitative estimate of drug-likeness (QED) is 0.712. The molecule has 0 aliphatic carbocycles. The van der Waals surface area contributed by atoms with Gasteiger partial charge in [-0.15, -0.1) is 10.2 Å². The second kappa shape index (κ2) is 6.10. The van der Waals surface area contributed by atoms with Crippen LogP contribution in [0.25, 0.3) is 11.1 Å². The van der Waals surface area contributed by atoms with Crippen LogP contribution in [0.5, 0.6) is 0 Å². The van der Waals surface area contributed by atoms with Gasteiger partial charge in [0.05, 0.1) is 0 Å². The Labute approximate surface area is 128 Å². The summed E-state index contributed by atoms with van der Waals surface area (Å²) in [5.41, 5.74) is 3.40. The lowest BCUT2D eigenvalue weighted by Gasteiger charge is -2.06. The zero-order chi connectivity index (χ0) is 14.7. The van der Waals surface area contributed by atoms with Crippen molar-refractivity contribution in [3.8, 4) is 11.1 Å². The van der Waals surface area contributed by atoms with Gasteiger partial charge in [-0.1, -0.05) is 54.1 Å². The smallest absolute Gasteiger partial charge is 0.216 e. The maximum atomic E-state index is 6.25. The summed E-state index contributed by atoms with van der Waals surface area (Å²) < 4.78 is 5.40. The molecule has 106 valence electrons. The topological polar surface area (TPSA) is 38.9 Å². The van der Waals surface area contributed by atoms with E-state index in [1.165, 1.54) is 5.56 Å². The van der Waals surface area contributed by atoms with Gasteiger partial charge in [-0.25, -0.2) is 0 Å². The lowest BCUT2D eigenvalue weighted by Crippen LogP contribution is -1.92. The van der Waals surface area contributed by atoms with Gasteiger partial charge in [-0.2, -0.15) is 0 Å². The molecule has 0 saturated carbocycles. The van der Waals surface area contributed by atoms with Gasteiger partial charge in [0, 0.05) is 23.9 Å². The van der Waals surface area contributed by atoms with Crippen LogP contribution in [0.15, 0.2) is 52.9 Å². The lowest BCUT2D eigenvalue weighted by molar-refractivity contribution is 0.467. The maximum absolute atomic E-state index is 6.25. The summed E-state index contributed by atoms with van der Waals surface area (Å²) in [5.74, 6) is 1.28. The number of aromatic nitrogens is 2. The fourth-order valence-corrected chi connectivity index (χ4v) is 2.52. The van der Waals surface area contributed by atoms with Crippen molar-refractivity contribution >= 4 is 11.6 Å². The first-order valence-corrected chi connectivity index (χ1v) is 7.23. The molecular weight excluding hydrogens is 284 g/mol. The second-order valence-electron chi connectivity index (χ2n) is 4.90. The van der Waals surface area contributed by atoms with Gasteiger partial charge < -0.3 is 4.42 Å². The Morgan fingerprint density at radius 1 is 1.00 bits per heavy atom. The van der Waals surface area contributed by atoms with Crippen LogP contribution in [0.4, 0.5) is 0 Å². The summed E-state index contributed by atoms with van der Waals surface area (Å²) in [4.78, 5) is 0. The summed E-state index contributed by atoms with van der Waals surface area (Å²) in [6, 6.07) is 16.2. The van der Waals surface area contributed by atoms with Gasteiger partial charge in [-0.3, -0.25) is 0 Å². The molecular formula is C17H15ClN2O. The Morgan fingerprint density at radius 3 is 2.62 bits per heavy atom. The number of aryl methyl sites for hydroxylation is 3. The van der Waals surface area contributed by atoms with Crippen LogP contribution in [0, 0.1) is 6.92 Å². The maximum Gasteiger partial charge on any atom is 0.216 e. The largest absolute Gasteiger partial charge is 0.426 e. The zero-order valence-corrected chi connectivity index (χ0v) is 12.5. The van der Waals surface area contributed by atoms with Crippen LogP contribution in [0.2, 0.25) is 5.02 Å². The van der Waals surface area contributed by atoms with Crippen LogP contribution in [-0.4, -0.2) is 10.2 Å². The van der Waals surface area contributed by atoms with Gasteiger partial charge in [0.1, 0.15) is 0 Å². The highest BCUT2D eigenvalue weighted by Crippen LogP contribution is 2.28. The Morgan fingerprint density at radius 2 is 1.86 bits per heavy atom. The number of benzene rings is 2. The number of halogens is 1. The van der Waals surface area contributed by atoms with E-state index in [1.807, 2.05) is 30.3 Å². The predicted molar refractivity (Wildman–Crippen MR) is 83.3 cm³/mol. The minimum absolute atomic E-state index is 0.606. The molecule has 0 spiro atoms. The van der Waals surface area contributed by atoms with Crippen molar-refractivity contribution < 1.29 is 4.42 Å². The third-order valence-electron chi connectivity index (χ3n) is 3.31. The Hall–Kier alpha value is -2.13. The van der Waals surface area contributed by atoms with Crippen molar-refractivity contribution in [2.45, 2.75) is 19.8 Å². The third kappa shape index (κ3) is 3.31. The summed E-state index contributed by atoms with van der Waals surface area (Å²) in [5, 5.41) is 8.63. The van der Waals surface area contributed by atoms with E-state index < -0.39 is 0 Å². The van der Waals surface area contributed by atoms with E-state index in [4.69, 9.17) is 16.0 Å². The monoisotopic (exact) mass is 298 g/mol. The molecule has 21 heavy (non-hydrogen) atoms. The number of hydrogen-bond donors (Lipinski definition) is 0. The van der Waals surface area contributed by atoms with Crippen molar-refractivity contribution in [2.75, 3.05) is 0 Å². The Kier molecular flexibility index (Phi) is 4.02. The predicted octanol–water partition coefficient (Wildman–Crippen LogP) is 4.48. The van der Waals surface area contributed by atoms with Crippen LogP contribution < -0.4 is 0 Å². The molecule has 3 aromatic rings. The second-order valence-corrected chi connectivity index (χ2v) is 5.30. The molecule has 3 rings (SSSR count). The highest BCUT2D eigenvalue weighted by molar-refractivity contribution is 6.33.